The van der Waals surface area contributed by atoms with Crippen molar-refractivity contribution in [3.8, 4) is 5.75 Å². The molecule has 0 bridgehead atoms. The van der Waals surface area contributed by atoms with E-state index in [4.69, 9.17) is 16.3 Å². The summed E-state index contributed by atoms with van der Waals surface area (Å²) < 4.78 is 5.27. The van der Waals surface area contributed by atoms with Gasteiger partial charge < -0.3 is 9.64 Å². The molecule has 108 valence electrons. The van der Waals surface area contributed by atoms with Crippen LogP contribution in [0.4, 0.5) is 11.5 Å². The van der Waals surface area contributed by atoms with Gasteiger partial charge in [0.05, 0.1) is 12.5 Å². The number of aromatic nitrogens is 2. The average molecular weight is 320 g/mol. The molecule has 6 heteroatoms. The lowest BCUT2D eigenvalue weighted by Crippen LogP contribution is -2.12. The van der Waals surface area contributed by atoms with Gasteiger partial charge in [-0.05, 0) is 36.7 Å². The summed E-state index contributed by atoms with van der Waals surface area (Å²) in [5.41, 5.74) is 0.981. The molecule has 0 fully saturated rings. The summed E-state index contributed by atoms with van der Waals surface area (Å²) in [4.78, 5) is 12.8. The molecule has 3 rings (SSSR count). The van der Waals surface area contributed by atoms with Gasteiger partial charge in [0.15, 0.2) is 0 Å². The first kappa shape index (κ1) is 14.1. The van der Waals surface area contributed by atoms with Crippen molar-refractivity contribution in [2.45, 2.75) is 6.92 Å². The van der Waals surface area contributed by atoms with Crippen LogP contribution in [0.1, 0.15) is 4.88 Å². The van der Waals surface area contributed by atoms with E-state index < -0.39 is 0 Å². The largest absolute Gasteiger partial charge is 0.497 e. The quantitative estimate of drug-likeness (QED) is 0.669. The molecule has 0 aliphatic heterocycles. The van der Waals surface area contributed by atoms with Crippen LogP contribution in [-0.4, -0.2) is 24.1 Å². The predicted octanol–water partition coefficient (Wildman–Crippen LogP) is 4.43. The summed E-state index contributed by atoms with van der Waals surface area (Å²) >= 11 is 7.67. The van der Waals surface area contributed by atoms with Crippen LogP contribution >= 0.6 is 22.9 Å². The van der Waals surface area contributed by atoms with Gasteiger partial charge in [-0.25, -0.2) is 4.98 Å². The SMILES string of the molecule is COc1cccc(N(C)c2nc(Cl)nc3sc(C)cc23)c1. The zero-order chi connectivity index (χ0) is 15.0. The molecule has 2 aromatic heterocycles. The maximum atomic E-state index is 6.06. The highest BCUT2D eigenvalue weighted by molar-refractivity contribution is 7.18. The van der Waals surface area contributed by atoms with Crippen molar-refractivity contribution in [2.75, 3.05) is 19.1 Å². The third kappa shape index (κ3) is 2.66. The number of nitrogens with zero attached hydrogens (tertiary/aromatic N) is 3. The van der Waals surface area contributed by atoms with Crippen molar-refractivity contribution in [1.82, 2.24) is 9.97 Å². The second kappa shape index (κ2) is 5.50. The van der Waals surface area contributed by atoms with Crippen molar-refractivity contribution in [2.24, 2.45) is 0 Å². The van der Waals surface area contributed by atoms with E-state index in [0.29, 0.717) is 0 Å². The van der Waals surface area contributed by atoms with E-state index >= 15 is 0 Å². The average Bonchev–Trinajstić information content (AvgIpc) is 2.85. The van der Waals surface area contributed by atoms with Crippen molar-refractivity contribution in [3.05, 3.63) is 40.5 Å². The minimum atomic E-state index is 0.258. The molecule has 1 aromatic carbocycles. The van der Waals surface area contributed by atoms with E-state index in [1.54, 1.807) is 18.4 Å². The van der Waals surface area contributed by atoms with Crippen LogP contribution in [0.25, 0.3) is 10.2 Å². The number of aryl methyl sites for hydroxylation is 1. The molecule has 0 radical (unpaired) electrons. The molecule has 0 aliphatic carbocycles. The zero-order valence-corrected chi connectivity index (χ0v) is 13.5. The zero-order valence-electron chi connectivity index (χ0n) is 11.9. The molecule has 0 atom stereocenters. The van der Waals surface area contributed by atoms with Crippen molar-refractivity contribution in [3.63, 3.8) is 0 Å². The first-order valence-corrected chi connectivity index (χ1v) is 7.59. The minimum Gasteiger partial charge on any atom is -0.497 e. The van der Waals surface area contributed by atoms with Crippen LogP contribution in [0, 0.1) is 6.92 Å². The normalized spacial score (nSPS) is 10.9. The van der Waals surface area contributed by atoms with Crippen LogP contribution in [0.5, 0.6) is 5.75 Å². The van der Waals surface area contributed by atoms with Gasteiger partial charge in [-0.2, -0.15) is 4.98 Å². The molecule has 0 aliphatic rings. The van der Waals surface area contributed by atoms with Crippen LogP contribution in [0.3, 0.4) is 0 Å². The lowest BCUT2D eigenvalue weighted by Gasteiger charge is -2.19. The fraction of sp³-hybridized carbons (Fsp3) is 0.200. The molecular formula is C15H14ClN3OS. The van der Waals surface area contributed by atoms with E-state index in [9.17, 15) is 0 Å². The molecular weight excluding hydrogens is 306 g/mol. The van der Waals surface area contributed by atoms with E-state index in [1.165, 1.54) is 4.88 Å². The number of methoxy groups -OCH3 is 1. The number of ether oxygens (including phenoxy) is 1. The Hall–Kier alpha value is -1.85. The molecule has 0 spiro atoms. The molecule has 2 heterocycles. The van der Waals surface area contributed by atoms with Gasteiger partial charge in [0, 0.05) is 23.7 Å². The van der Waals surface area contributed by atoms with E-state index in [2.05, 4.69) is 23.0 Å². The molecule has 0 amide bonds. The summed E-state index contributed by atoms with van der Waals surface area (Å²) in [5.74, 6) is 1.60. The molecule has 3 aromatic rings. The fourth-order valence-corrected chi connectivity index (χ4v) is 3.29. The number of halogens is 1. The number of hydrogen-bond donors (Lipinski definition) is 0. The van der Waals surface area contributed by atoms with Crippen LogP contribution in [0.2, 0.25) is 5.28 Å². The maximum Gasteiger partial charge on any atom is 0.225 e. The fourth-order valence-electron chi connectivity index (χ4n) is 2.20. The van der Waals surface area contributed by atoms with Crippen molar-refractivity contribution < 1.29 is 4.74 Å². The number of fused-ring (bicyclic) bond motifs is 1. The highest BCUT2D eigenvalue weighted by atomic mass is 35.5. The van der Waals surface area contributed by atoms with Crippen molar-refractivity contribution >= 4 is 44.7 Å². The number of rotatable bonds is 3. The standard InChI is InChI=1S/C15H14ClN3OS/c1-9-7-12-13(17-15(16)18-14(12)21-9)19(2)10-5-4-6-11(8-10)20-3/h4-8H,1-3H3. The van der Waals surface area contributed by atoms with E-state index in [1.807, 2.05) is 36.2 Å². The van der Waals surface area contributed by atoms with Crippen LogP contribution in [-0.2, 0) is 0 Å². The first-order chi connectivity index (χ1) is 10.1. The molecule has 0 N–H and O–H groups in total. The Labute approximate surface area is 132 Å². The summed E-state index contributed by atoms with van der Waals surface area (Å²) in [6, 6.07) is 9.91. The second-order valence-corrected chi connectivity index (χ2v) is 6.23. The Morgan fingerprint density at radius 1 is 1.24 bits per heavy atom. The van der Waals surface area contributed by atoms with Gasteiger partial charge in [-0.15, -0.1) is 11.3 Å². The van der Waals surface area contributed by atoms with Gasteiger partial charge >= 0.3 is 0 Å². The number of thiophene rings is 1. The summed E-state index contributed by atoms with van der Waals surface area (Å²) in [6.07, 6.45) is 0. The van der Waals surface area contributed by atoms with E-state index in [0.717, 1.165) is 27.5 Å². The molecule has 0 saturated carbocycles. The Morgan fingerprint density at radius 3 is 2.81 bits per heavy atom. The highest BCUT2D eigenvalue weighted by Gasteiger charge is 2.15. The third-order valence-electron chi connectivity index (χ3n) is 3.23. The minimum absolute atomic E-state index is 0.258. The Morgan fingerprint density at radius 2 is 2.05 bits per heavy atom. The summed E-state index contributed by atoms with van der Waals surface area (Å²) in [6.45, 7) is 2.05. The summed E-state index contributed by atoms with van der Waals surface area (Å²) in [5, 5.41) is 1.27. The van der Waals surface area contributed by atoms with Crippen LogP contribution < -0.4 is 9.64 Å². The Balaban J connectivity index is 2.14. The molecule has 4 nitrogen and oxygen atoms in total. The molecule has 0 unspecified atom stereocenters. The number of anilines is 2. The maximum absolute atomic E-state index is 6.06. The lowest BCUT2D eigenvalue weighted by atomic mass is 10.2. The predicted molar refractivity (Wildman–Crippen MR) is 88.2 cm³/mol. The van der Waals surface area contributed by atoms with Gasteiger partial charge in [0.1, 0.15) is 16.4 Å². The van der Waals surface area contributed by atoms with Gasteiger partial charge in [-0.3, -0.25) is 0 Å². The number of benzene rings is 1. The van der Waals surface area contributed by atoms with Crippen molar-refractivity contribution in [1.29, 1.82) is 0 Å². The highest BCUT2D eigenvalue weighted by Crippen LogP contribution is 2.34. The van der Waals surface area contributed by atoms with Gasteiger partial charge in [-0.1, -0.05) is 6.07 Å². The van der Waals surface area contributed by atoms with E-state index in [-0.39, 0.29) is 5.28 Å². The topological polar surface area (TPSA) is 38.2 Å². The summed E-state index contributed by atoms with van der Waals surface area (Å²) in [7, 11) is 3.61. The Bertz CT molecular complexity index is 803. The van der Waals surface area contributed by atoms with Gasteiger partial charge in [0.25, 0.3) is 0 Å². The second-order valence-electron chi connectivity index (χ2n) is 4.65. The first-order valence-electron chi connectivity index (χ1n) is 6.40. The number of hydrogen-bond acceptors (Lipinski definition) is 5. The van der Waals surface area contributed by atoms with Crippen LogP contribution in [0.15, 0.2) is 30.3 Å². The smallest absolute Gasteiger partial charge is 0.225 e. The molecule has 0 saturated heterocycles. The lowest BCUT2D eigenvalue weighted by molar-refractivity contribution is 0.415. The molecule has 21 heavy (non-hydrogen) atoms. The van der Waals surface area contributed by atoms with Gasteiger partial charge in [0.2, 0.25) is 5.28 Å². The Kier molecular flexibility index (Phi) is 3.69. The monoisotopic (exact) mass is 319 g/mol. The third-order valence-corrected chi connectivity index (χ3v) is 4.34.